The molecule has 0 spiro atoms. The van der Waals surface area contributed by atoms with Crippen LogP contribution < -0.4 is 5.73 Å². The van der Waals surface area contributed by atoms with Crippen molar-refractivity contribution in [3.8, 4) is 0 Å². The lowest BCUT2D eigenvalue weighted by Crippen LogP contribution is -1.90. The summed E-state index contributed by atoms with van der Waals surface area (Å²) >= 11 is 1.32. The fourth-order valence-electron chi connectivity index (χ4n) is 1.27. The molecule has 0 amide bonds. The van der Waals surface area contributed by atoms with Gasteiger partial charge in [0, 0.05) is 17.0 Å². The van der Waals surface area contributed by atoms with Crippen molar-refractivity contribution >= 4 is 17.4 Å². The first-order valence-corrected chi connectivity index (χ1v) is 6.17. The molecule has 2 rings (SSSR count). The van der Waals surface area contributed by atoms with Gasteiger partial charge in [0.05, 0.1) is 5.75 Å². The summed E-state index contributed by atoms with van der Waals surface area (Å²) in [6.45, 7) is 1.93. The molecule has 2 N–H and O–H groups in total. The van der Waals surface area contributed by atoms with Crippen molar-refractivity contribution in [3.63, 3.8) is 0 Å². The maximum Gasteiger partial charge on any atom is 0.226 e. The second kappa shape index (κ2) is 5.18. The van der Waals surface area contributed by atoms with E-state index in [1.165, 1.54) is 17.8 Å². The topological polar surface area (TPSA) is 64.9 Å². The fraction of sp³-hybridized carbons (Fsp3) is 0.273. The average Bonchev–Trinajstić information content (AvgIpc) is 2.76. The Kier molecular flexibility index (Phi) is 3.63. The molecule has 1 aromatic heterocycles. The van der Waals surface area contributed by atoms with Crippen molar-refractivity contribution in [1.82, 2.24) is 10.1 Å². The van der Waals surface area contributed by atoms with Crippen LogP contribution in [0.4, 0.5) is 10.1 Å². The monoisotopic (exact) mass is 253 g/mol. The Morgan fingerprint density at radius 1 is 1.47 bits per heavy atom. The van der Waals surface area contributed by atoms with Crippen molar-refractivity contribution in [1.29, 1.82) is 0 Å². The summed E-state index contributed by atoms with van der Waals surface area (Å²) in [5.41, 5.74) is 5.88. The van der Waals surface area contributed by atoms with E-state index in [0.717, 1.165) is 0 Å². The van der Waals surface area contributed by atoms with E-state index in [-0.39, 0.29) is 5.82 Å². The van der Waals surface area contributed by atoms with E-state index in [0.29, 0.717) is 34.5 Å². The van der Waals surface area contributed by atoms with Gasteiger partial charge in [0.2, 0.25) is 5.89 Å². The van der Waals surface area contributed by atoms with Crippen LogP contribution in [0.1, 0.15) is 18.6 Å². The predicted octanol–water partition coefficient (Wildman–Crippen LogP) is 2.65. The van der Waals surface area contributed by atoms with Gasteiger partial charge in [0.25, 0.3) is 0 Å². The molecule has 0 aliphatic carbocycles. The van der Waals surface area contributed by atoms with Gasteiger partial charge in [0.1, 0.15) is 5.82 Å². The minimum atomic E-state index is -0.325. The van der Waals surface area contributed by atoms with Crippen molar-refractivity contribution in [3.05, 3.63) is 35.7 Å². The first kappa shape index (κ1) is 11.9. The summed E-state index contributed by atoms with van der Waals surface area (Å²) in [4.78, 5) is 4.67. The quantitative estimate of drug-likeness (QED) is 0.670. The molecule has 1 heterocycles. The number of benzene rings is 1. The normalized spacial score (nSPS) is 10.7. The van der Waals surface area contributed by atoms with Gasteiger partial charge in [-0.1, -0.05) is 12.1 Å². The van der Waals surface area contributed by atoms with E-state index in [2.05, 4.69) is 10.1 Å². The number of aromatic nitrogens is 2. The lowest BCUT2D eigenvalue weighted by molar-refractivity contribution is 0.378. The van der Waals surface area contributed by atoms with E-state index in [4.69, 9.17) is 10.3 Å². The van der Waals surface area contributed by atoms with E-state index >= 15 is 0 Å². The van der Waals surface area contributed by atoms with Crippen molar-refractivity contribution in [2.24, 2.45) is 0 Å². The maximum atomic E-state index is 13.5. The fourth-order valence-corrected chi connectivity index (χ4v) is 2.03. The Morgan fingerprint density at radius 3 is 2.94 bits per heavy atom. The third-order valence-electron chi connectivity index (χ3n) is 2.13. The highest BCUT2D eigenvalue weighted by atomic mass is 32.2. The molecule has 0 aliphatic heterocycles. The van der Waals surface area contributed by atoms with Crippen LogP contribution in [0.25, 0.3) is 0 Å². The van der Waals surface area contributed by atoms with E-state index < -0.39 is 0 Å². The standard InChI is InChI=1S/C11H12FN3OS/c1-2-11-14-10(15-16-11)6-17-9-4-3-7(13)5-8(9)12/h3-5H,2,6,13H2,1H3. The van der Waals surface area contributed by atoms with Gasteiger partial charge in [0.15, 0.2) is 5.82 Å². The second-order valence-electron chi connectivity index (χ2n) is 3.44. The molecule has 0 saturated heterocycles. The Morgan fingerprint density at radius 2 is 2.29 bits per heavy atom. The molecular formula is C11H12FN3OS. The van der Waals surface area contributed by atoms with Gasteiger partial charge < -0.3 is 10.3 Å². The number of nitrogens with two attached hydrogens (primary N) is 1. The molecule has 17 heavy (non-hydrogen) atoms. The van der Waals surface area contributed by atoms with Crippen LogP contribution in [0.2, 0.25) is 0 Å². The van der Waals surface area contributed by atoms with Gasteiger partial charge in [-0.15, -0.1) is 11.8 Å². The average molecular weight is 253 g/mol. The number of nitrogens with zero attached hydrogens (tertiary/aromatic N) is 2. The minimum absolute atomic E-state index is 0.325. The molecule has 0 bridgehead atoms. The minimum Gasteiger partial charge on any atom is -0.399 e. The first-order valence-electron chi connectivity index (χ1n) is 5.18. The highest BCUT2D eigenvalue weighted by molar-refractivity contribution is 7.98. The summed E-state index contributed by atoms with van der Waals surface area (Å²) < 4.78 is 18.4. The molecule has 0 radical (unpaired) electrons. The number of thioether (sulfide) groups is 1. The third-order valence-corrected chi connectivity index (χ3v) is 3.17. The van der Waals surface area contributed by atoms with Crippen LogP contribution in [-0.4, -0.2) is 10.1 Å². The van der Waals surface area contributed by atoms with Crippen LogP contribution in [0.15, 0.2) is 27.6 Å². The van der Waals surface area contributed by atoms with E-state index in [1.54, 1.807) is 12.1 Å². The molecule has 0 fully saturated rings. The molecule has 0 atom stereocenters. The second-order valence-corrected chi connectivity index (χ2v) is 4.45. The summed E-state index contributed by atoms with van der Waals surface area (Å²) in [6, 6.07) is 4.62. The third kappa shape index (κ3) is 2.97. The van der Waals surface area contributed by atoms with Crippen LogP contribution in [0.3, 0.4) is 0 Å². The maximum absolute atomic E-state index is 13.5. The number of nitrogen functional groups attached to an aromatic ring is 1. The zero-order chi connectivity index (χ0) is 12.3. The first-order chi connectivity index (χ1) is 8.19. The smallest absolute Gasteiger partial charge is 0.226 e. The predicted molar refractivity (Wildman–Crippen MR) is 64.0 cm³/mol. The highest BCUT2D eigenvalue weighted by Gasteiger charge is 2.08. The molecule has 4 nitrogen and oxygen atoms in total. The summed E-state index contributed by atoms with van der Waals surface area (Å²) in [5, 5.41) is 3.80. The Bertz CT molecular complexity index is 515. The van der Waals surface area contributed by atoms with Crippen molar-refractivity contribution in [2.45, 2.75) is 24.0 Å². The molecule has 0 aliphatic rings. The SMILES string of the molecule is CCc1nc(CSc2ccc(N)cc2F)no1. The summed E-state index contributed by atoms with van der Waals surface area (Å²) in [6.07, 6.45) is 0.702. The Hall–Kier alpha value is -1.56. The number of anilines is 1. The molecule has 6 heteroatoms. The molecule has 0 unspecified atom stereocenters. The van der Waals surface area contributed by atoms with Crippen LogP contribution in [0, 0.1) is 5.82 Å². The lowest BCUT2D eigenvalue weighted by atomic mass is 10.3. The Balaban J connectivity index is 2.02. The zero-order valence-corrected chi connectivity index (χ0v) is 10.1. The van der Waals surface area contributed by atoms with Crippen LogP contribution in [-0.2, 0) is 12.2 Å². The van der Waals surface area contributed by atoms with Crippen molar-refractivity contribution < 1.29 is 8.91 Å². The number of hydrogen-bond acceptors (Lipinski definition) is 5. The number of hydrogen-bond donors (Lipinski definition) is 1. The zero-order valence-electron chi connectivity index (χ0n) is 9.31. The molecule has 90 valence electrons. The number of aryl methyl sites for hydroxylation is 1. The van der Waals surface area contributed by atoms with Crippen LogP contribution >= 0.6 is 11.8 Å². The van der Waals surface area contributed by atoms with Gasteiger partial charge >= 0.3 is 0 Å². The Labute approximate surface area is 102 Å². The number of halogens is 1. The van der Waals surface area contributed by atoms with E-state index in [9.17, 15) is 4.39 Å². The molecule has 1 aromatic carbocycles. The molecule has 0 saturated carbocycles. The largest absolute Gasteiger partial charge is 0.399 e. The van der Waals surface area contributed by atoms with Gasteiger partial charge in [-0.3, -0.25) is 0 Å². The molecular weight excluding hydrogens is 241 g/mol. The van der Waals surface area contributed by atoms with Gasteiger partial charge in [-0.2, -0.15) is 4.98 Å². The summed E-state index contributed by atoms with van der Waals surface area (Å²) in [7, 11) is 0. The van der Waals surface area contributed by atoms with Crippen LogP contribution in [0.5, 0.6) is 0 Å². The molecule has 2 aromatic rings. The van der Waals surface area contributed by atoms with E-state index in [1.807, 2.05) is 6.92 Å². The van der Waals surface area contributed by atoms with Gasteiger partial charge in [-0.05, 0) is 18.2 Å². The van der Waals surface area contributed by atoms with Crippen molar-refractivity contribution in [2.75, 3.05) is 5.73 Å². The summed E-state index contributed by atoms with van der Waals surface area (Å²) in [5.74, 6) is 1.32. The number of rotatable bonds is 4. The van der Waals surface area contributed by atoms with Gasteiger partial charge in [-0.25, -0.2) is 4.39 Å². The highest BCUT2D eigenvalue weighted by Crippen LogP contribution is 2.25. The lowest BCUT2D eigenvalue weighted by Gasteiger charge is -2.01.